The number of likely N-dealkylation sites (tertiary alicyclic amines) is 1. The van der Waals surface area contributed by atoms with Gasteiger partial charge in [-0.1, -0.05) is 0 Å². The Morgan fingerprint density at radius 1 is 1.30 bits per heavy atom. The molecule has 1 amide bonds. The standard InChI is InChI=1S/C17H26N2O3S/c1-22-12-11-19-9-7-14(8-10-19)13-18-17(20)15-3-5-16(6-4-15)23(2)21/h3-6,14H,7-13H2,1-2H3,(H,18,20)/t23-/m1/s1. The first kappa shape index (κ1) is 18.1. The second-order valence-corrected chi connectivity index (χ2v) is 7.35. The van der Waals surface area contributed by atoms with Crippen LogP contribution in [0.2, 0.25) is 0 Å². The number of piperidine rings is 1. The van der Waals surface area contributed by atoms with Crippen LogP contribution < -0.4 is 5.32 Å². The van der Waals surface area contributed by atoms with Crippen molar-refractivity contribution in [3.8, 4) is 0 Å². The van der Waals surface area contributed by atoms with Crippen LogP contribution in [0.3, 0.4) is 0 Å². The summed E-state index contributed by atoms with van der Waals surface area (Å²) in [5.41, 5.74) is 0.622. The van der Waals surface area contributed by atoms with Gasteiger partial charge in [-0.15, -0.1) is 0 Å². The third-order valence-corrected chi connectivity index (χ3v) is 5.25. The van der Waals surface area contributed by atoms with Crippen LogP contribution >= 0.6 is 0 Å². The SMILES string of the molecule is COCCN1CCC(CNC(=O)c2ccc([S@@](C)=O)cc2)CC1. The molecule has 0 radical (unpaired) electrons. The lowest BCUT2D eigenvalue weighted by atomic mass is 9.96. The number of ether oxygens (including phenoxy) is 1. The first-order valence-electron chi connectivity index (χ1n) is 8.03. The van der Waals surface area contributed by atoms with Crippen molar-refractivity contribution in [2.75, 3.05) is 46.2 Å². The summed E-state index contributed by atoms with van der Waals surface area (Å²) in [6.07, 6.45) is 3.85. The highest BCUT2D eigenvalue weighted by Gasteiger charge is 2.19. The molecule has 23 heavy (non-hydrogen) atoms. The van der Waals surface area contributed by atoms with Crippen molar-refractivity contribution in [3.63, 3.8) is 0 Å². The maximum absolute atomic E-state index is 12.2. The molecule has 1 aromatic rings. The fourth-order valence-electron chi connectivity index (χ4n) is 2.77. The summed E-state index contributed by atoms with van der Waals surface area (Å²) in [4.78, 5) is 15.3. The van der Waals surface area contributed by atoms with Gasteiger partial charge < -0.3 is 15.0 Å². The number of rotatable bonds is 7. The average Bonchev–Trinajstić information content (AvgIpc) is 2.58. The summed E-state index contributed by atoms with van der Waals surface area (Å²) in [6, 6.07) is 6.97. The molecule has 0 aromatic heterocycles. The van der Waals surface area contributed by atoms with E-state index in [0.29, 0.717) is 11.5 Å². The molecule has 1 fully saturated rings. The number of amides is 1. The van der Waals surface area contributed by atoms with Crippen molar-refractivity contribution >= 4 is 16.7 Å². The number of carbonyl (C=O) groups excluding carboxylic acids is 1. The van der Waals surface area contributed by atoms with Gasteiger partial charge in [0.05, 0.1) is 6.61 Å². The zero-order valence-corrected chi connectivity index (χ0v) is 14.7. The molecule has 1 aromatic carbocycles. The lowest BCUT2D eigenvalue weighted by molar-refractivity contribution is 0.0926. The number of hydrogen-bond donors (Lipinski definition) is 1. The summed E-state index contributed by atoms with van der Waals surface area (Å²) in [6.45, 7) is 4.63. The van der Waals surface area contributed by atoms with Crippen molar-refractivity contribution in [3.05, 3.63) is 29.8 Å². The molecule has 1 heterocycles. The van der Waals surface area contributed by atoms with Crippen LogP contribution in [0.1, 0.15) is 23.2 Å². The van der Waals surface area contributed by atoms with Gasteiger partial charge in [0, 0.05) is 47.7 Å². The molecule has 128 valence electrons. The van der Waals surface area contributed by atoms with Crippen molar-refractivity contribution in [1.82, 2.24) is 10.2 Å². The van der Waals surface area contributed by atoms with Gasteiger partial charge in [0.25, 0.3) is 5.91 Å². The van der Waals surface area contributed by atoms with Gasteiger partial charge in [-0.3, -0.25) is 9.00 Å². The van der Waals surface area contributed by atoms with E-state index in [2.05, 4.69) is 10.2 Å². The van der Waals surface area contributed by atoms with Crippen LogP contribution in [0.25, 0.3) is 0 Å². The Labute approximate surface area is 140 Å². The van der Waals surface area contributed by atoms with Gasteiger partial charge in [0.2, 0.25) is 0 Å². The largest absolute Gasteiger partial charge is 0.383 e. The average molecular weight is 338 g/mol. The minimum absolute atomic E-state index is 0.0553. The van der Waals surface area contributed by atoms with E-state index in [1.54, 1.807) is 37.6 Å². The van der Waals surface area contributed by atoms with Crippen molar-refractivity contribution in [2.24, 2.45) is 5.92 Å². The Balaban J connectivity index is 1.73. The highest BCUT2D eigenvalue weighted by atomic mass is 32.2. The Kier molecular flexibility index (Phi) is 7.20. The highest BCUT2D eigenvalue weighted by molar-refractivity contribution is 7.84. The zero-order chi connectivity index (χ0) is 16.7. The smallest absolute Gasteiger partial charge is 0.251 e. The van der Waals surface area contributed by atoms with Crippen molar-refractivity contribution < 1.29 is 13.7 Å². The molecule has 0 saturated carbocycles. The quantitative estimate of drug-likeness (QED) is 0.819. The van der Waals surface area contributed by atoms with Crippen LogP contribution in [-0.4, -0.2) is 61.2 Å². The number of benzene rings is 1. The van der Waals surface area contributed by atoms with Gasteiger partial charge >= 0.3 is 0 Å². The lowest BCUT2D eigenvalue weighted by Crippen LogP contribution is -2.39. The minimum atomic E-state index is -1.01. The molecule has 0 bridgehead atoms. The molecule has 1 atom stereocenters. The Bertz CT molecular complexity index is 525. The van der Waals surface area contributed by atoms with Crippen molar-refractivity contribution in [2.45, 2.75) is 17.7 Å². The normalized spacial score (nSPS) is 17.8. The van der Waals surface area contributed by atoms with E-state index >= 15 is 0 Å². The monoisotopic (exact) mass is 338 g/mol. The third kappa shape index (κ3) is 5.71. The zero-order valence-electron chi connectivity index (χ0n) is 13.9. The van der Waals surface area contributed by atoms with Crippen LogP contribution in [0, 0.1) is 5.92 Å². The van der Waals surface area contributed by atoms with E-state index in [-0.39, 0.29) is 5.91 Å². The molecule has 1 N–H and O–H groups in total. The fourth-order valence-corrected chi connectivity index (χ4v) is 3.29. The lowest BCUT2D eigenvalue weighted by Gasteiger charge is -2.31. The Morgan fingerprint density at radius 3 is 2.52 bits per heavy atom. The second-order valence-electron chi connectivity index (χ2n) is 5.97. The van der Waals surface area contributed by atoms with E-state index < -0.39 is 10.8 Å². The van der Waals surface area contributed by atoms with E-state index in [1.165, 1.54) is 0 Å². The number of methoxy groups -OCH3 is 1. The second kappa shape index (κ2) is 9.15. The topological polar surface area (TPSA) is 58.6 Å². The third-order valence-electron chi connectivity index (χ3n) is 4.32. The molecule has 5 nitrogen and oxygen atoms in total. The molecular formula is C17H26N2O3S. The highest BCUT2D eigenvalue weighted by Crippen LogP contribution is 2.16. The van der Waals surface area contributed by atoms with Crippen molar-refractivity contribution in [1.29, 1.82) is 0 Å². The predicted octanol–water partition coefficient (Wildman–Crippen LogP) is 1.51. The number of carbonyl (C=O) groups is 1. The molecule has 6 heteroatoms. The number of hydrogen-bond acceptors (Lipinski definition) is 4. The molecule has 0 spiro atoms. The first-order valence-corrected chi connectivity index (χ1v) is 9.59. The van der Waals surface area contributed by atoms with E-state index in [4.69, 9.17) is 4.74 Å². The van der Waals surface area contributed by atoms with Gasteiger partial charge in [-0.05, 0) is 56.1 Å². The summed E-state index contributed by atoms with van der Waals surface area (Å²) in [5, 5.41) is 3.02. The fraction of sp³-hybridized carbons (Fsp3) is 0.588. The van der Waals surface area contributed by atoms with Gasteiger partial charge in [-0.2, -0.15) is 0 Å². The van der Waals surface area contributed by atoms with E-state index in [0.717, 1.165) is 50.5 Å². The summed E-state index contributed by atoms with van der Waals surface area (Å²) < 4.78 is 16.5. The Hall–Kier alpha value is -1.24. The van der Waals surface area contributed by atoms with Gasteiger partial charge in [0.15, 0.2) is 0 Å². The number of nitrogens with one attached hydrogen (secondary N) is 1. The molecule has 0 aliphatic carbocycles. The van der Waals surface area contributed by atoms with Crippen LogP contribution in [0.15, 0.2) is 29.2 Å². The molecular weight excluding hydrogens is 312 g/mol. The maximum Gasteiger partial charge on any atom is 0.251 e. The van der Waals surface area contributed by atoms with Gasteiger partial charge in [-0.25, -0.2) is 0 Å². The van der Waals surface area contributed by atoms with Crippen LogP contribution in [0.4, 0.5) is 0 Å². The van der Waals surface area contributed by atoms with E-state index in [9.17, 15) is 9.00 Å². The minimum Gasteiger partial charge on any atom is -0.383 e. The molecule has 0 unspecified atom stereocenters. The molecule has 2 rings (SSSR count). The van der Waals surface area contributed by atoms with Crippen LogP contribution in [0.5, 0.6) is 0 Å². The van der Waals surface area contributed by atoms with Gasteiger partial charge in [0.1, 0.15) is 0 Å². The predicted molar refractivity (Wildman–Crippen MR) is 92.1 cm³/mol. The summed E-state index contributed by atoms with van der Waals surface area (Å²) in [7, 11) is 0.720. The Morgan fingerprint density at radius 2 is 1.96 bits per heavy atom. The van der Waals surface area contributed by atoms with E-state index in [1.807, 2.05) is 0 Å². The summed E-state index contributed by atoms with van der Waals surface area (Å²) in [5.74, 6) is 0.486. The van der Waals surface area contributed by atoms with Crippen LogP contribution in [-0.2, 0) is 15.5 Å². The number of nitrogens with zero attached hydrogens (tertiary/aromatic N) is 1. The maximum atomic E-state index is 12.2. The summed E-state index contributed by atoms with van der Waals surface area (Å²) >= 11 is 0. The molecule has 1 aliphatic rings. The molecule has 1 aliphatic heterocycles. The first-order chi connectivity index (χ1) is 11.1. The molecule has 1 saturated heterocycles.